The number of rotatable bonds is 4. The normalized spacial score (nSPS) is 19.0. The molecule has 2 heteroatoms. The standard InChI is InChI=1S/C19H25NS/c1-19(2,18-12-7-13-21-18)14-20-17-11-6-4-9-15-8-3-5-10-16(15)17/h3,5,7-8,10,12-13,17,20H,4,6,9,11,14H2,1-2H3. The summed E-state index contributed by atoms with van der Waals surface area (Å²) in [5.74, 6) is 0. The summed E-state index contributed by atoms with van der Waals surface area (Å²) in [6.07, 6.45) is 5.15. The molecule has 0 amide bonds. The van der Waals surface area contributed by atoms with Gasteiger partial charge in [0.2, 0.25) is 0 Å². The molecule has 3 rings (SSSR count). The Morgan fingerprint density at radius 3 is 2.81 bits per heavy atom. The van der Waals surface area contributed by atoms with Crippen LogP contribution in [-0.4, -0.2) is 6.54 Å². The van der Waals surface area contributed by atoms with Crippen molar-refractivity contribution in [2.75, 3.05) is 6.54 Å². The molecule has 1 aromatic heterocycles. The minimum Gasteiger partial charge on any atom is -0.309 e. The van der Waals surface area contributed by atoms with E-state index in [4.69, 9.17) is 0 Å². The number of aryl methyl sites for hydroxylation is 1. The van der Waals surface area contributed by atoms with Crippen molar-refractivity contribution >= 4 is 11.3 Å². The van der Waals surface area contributed by atoms with Crippen molar-refractivity contribution in [3.63, 3.8) is 0 Å². The Morgan fingerprint density at radius 2 is 2.00 bits per heavy atom. The van der Waals surface area contributed by atoms with Crippen LogP contribution in [0.15, 0.2) is 41.8 Å². The van der Waals surface area contributed by atoms with Crippen LogP contribution < -0.4 is 5.32 Å². The fraction of sp³-hybridized carbons (Fsp3) is 0.474. The number of benzene rings is 1. The van der Waals surface area contributed by atoms with Crippen LogP contribution in [0.1, 0.15) is 55.2 Å². The lowest BCUT2D eigenvalue weighted by atomic mass is 9.90. The zero-order valence-corrected chi connectivity index (χ0v) is 13.9. The van der Waals surface area contributed by atoms with Gasteiger partial charge in [-0.2, -0.15) is 0 Å². The molecule has 0 radical (unpaired) electrons. The van der Waals surface area contributed by atoms with Gasteiger partial charge in [0, 0.05) is 22.9 Å². The van der Waals surface area contributed by atoms with Crippen molar-refractivity contribution in [2.45, 2.75) is 51.0 Å². The van der Waals surface area contributed by atoms with Gasteiger partial charge in [-0.25, -0.2) is 0 Å². The van der Waals surface area contributed by atoms with Crippen LogP contribution in [0.3, 0.4) is 0 Å². The van der Waals surface area contributed by atoms with E-state index >= 15 is 0 Å². The maximum Gasteiger partial charge on any atom is 0.0323 e. The van der Waals surface area contributed by atoms with E-state index in [9.17, 15) is 0 Å². The van der Waals surface area contributed by atoms with Crippen LogP contribution in [0, 0.1) is 0 Å². The maximum atomic E-state index is 3.85. The fourth-order valence-corrected chi connectivity index (χ4v) is 4.11. The van der Waals surface area contributed by atoms with Gasteiger partial charge in [-0.15, -0.1) is 11.3 Å². The quantitative estimate of drug-likeness (QED) is 0.776. The molecule has 0 saturated heterocycles. The molecule has 0 aliphatic heterocycles. The lowest BCUT2D eigenvalue weighted by Crippen LogP contribution is -2.34. The Kier molecular flexibility index (Phi) is 4.46. The highest BCUT2D eigenvalue weighted by Crippen LogP contribution is 2.31. The van der Waals surface area contributed by atoms with Crippen LogP contribution in [0.2, 0.25) is 0 Å². The van der Waals surface area contributed by atoms with Gasteiger partial charge in [0.15, 0.2) is 0 Å². The first-order valence-electron chi connectivity index (χ1n) is 8.02. The Labute approximate surface area is 132 Å². The van der Waals surface area contributed by atoms with E-state index in [1.165, 1.54) is 36.1 Å². The molecule has 1 unspecified atom stereocenters. The first kappa shape index (κ1) is 14.8. The van der Waals surface area contributed by atoms with Crippen molar-refractivity contribution < 1.29 is 0 Å². The van der Waals surface area contributed by atoms with Gasteiger partial charge < -0.3 is 5.32 Å². The van der Waals surface area contributed by atoms with Crippen molar-refractivity contribution in [1.82, 2.24) is 5.32 Å². The van der Waals surface area contributed by atoms with Gasteiger partial charge in [0.1, 0.15) is 0 Å². The van der Waals surface area contributed by atoms with E-state index in [2.05, 4.69) is 60.9 Å². The second-order valence-corrected chi connectivity index (χ2v) is 7.69. The van der Waals surface area contributed by atoms with E-state index < -0.39 is 0 Å². The molecule has 112 valence electrons. The van der Waals surface area contributed by atoms with Gasteiger partial charge in [-0.1, -0.05) is 50.6 Å². The minimum atomic E-state index is 0.204. The summed E-state index contributed by atoms with van der Waals surface area (Å²) in [7, 11) is 0. The van der Waals surface area contributed by atoms with Gasteiger partial charge in [-0.05, 0) is 41.8 Å². The topological polar surface area (TPSA) is 12.0 Å². The smallest absolute Gasteiger partial charge is 0.0323 e. The predicted octanol–water partition coefficient (Wildman–Crippen LogP) is 5.08. The molecular weight excluding hydrogens is 274 g/mol. The zero-order chi connectivity index (χ0) is 14.7. The molecule has 0 spiro atoms. The van der Waals surface area contributed by atoms with Crippen LogP contribution in [0.25, 0.3) is 0 Å². The average molecular weight is 299 g/mol. The lowest BCUT2D eigenvalue weighted by molar-refractivity contribution is 0.410. The minimum absolute atomic E-state index is 0.204. The molecule has 1 aromatic carbocycles. The number of hydrogen-bond acceptors (Lipinski definition) is 2. The Morgan fingerprint density at radius 1 is 1.14 bits per heavy atom. The van der Waals surface area contributed by atoms with Gasteiger partial charge in [-0.3, -0.25) is 0 Å². The summed E-state index contributed by atoms with van der Waals surface area (Å²) in [5, 5.41) is 6.03. The summed E-state index contributed by atoms with van der Waals surface area (Å²) in [4.78, 5) is 1.47. The third kappa shape index (κ3) is 3.38. The summed E-state index contributed by atoms with van der Waals surface area (Å²) in [6, 6.07) is 13.9. The highest BCUT2D eigenvalue weighted by molar-refractivity contribution is 7.10. The monoisotopic (exact) mass is 299 g/mol. The molecule has 1 N–H and O–H groups in total. The Balaban J connectivity index is 1.73. The molecule has 0 bridgehead atoms. The third-order valence-electron chi connectivity index (χ3n) is 4.60. The van der Waals surface area contributed by atoms with Crippen molar-refractivity contribution in [1.29, 1.82) is 0 Å². The second kappa shape index (κ2) is 6.33. The third-order valence-corrected chi connectivity index (χ3v) is 5.83. The van der Waals surface area contributed by atoms with Crippen LogP contribution in [0.4, 0.5) is 0 Å². The first-order chi connectivity index (χ1) is 10.2. The molecule has 1 aliphatic carbocycles. The van der Waals surface area contributed by atoms with Crippen LogP contribution in [0.5, 0.6) is 0 Å². The molecule has 2 aromatic rings. The van der Waals surface area contributed by atoms with E-state index in [0.29, 0.717) is 6.04 Å². The molecule has 1 heterocycles. The molecule has 21 heavy (non-hydrogen) atoms. The molecule has 1 nitrogen and oxygen atoms in total. The summed E-state index contributed by atoms with van der Waals surface area (Å²) in [6.45, 7) is 5.72. The predicted molar refractivity (Wildman–Crippen MR) is 92.1 cm³/mol. The molecule has 0 fully saturated rings. The van der Waals surface area contributed by atoms with Gasteiger partial charge >= 0.3 is 0 Å². The maximum absolute atomic E-state index is 3.85. The van der Waals surface area contributed by atoms with E-state index in [-0.39, 0.29) is 5.41 Å². The van der Waals surface area contributed by atoms with E-state index in [1.807, 2.05) is 11.3 Å². The average Bonchev–Trinajstić information content (AvgIpc) is 2.95. The number of nitrogens with one attached hydrogen (secondary N) is 1. The van der Waals surface area contributed by atoms with Crippen LogP contribution >= 0.6 is 11.3 Å². The number of fused-ring (bicyclic) bond motifs is 1. The largest absolute Gasteiger partial charge is 0.309 e. The van der Waals surface area contributed by atoms with Crippen molar-refractivity contribution in [3.8, 4) is 0 Å². The fourth-order valence-electron chi connectivity index (χ4n) is 3.26. The summed E-state index contributed by atoms with van der Waals surface area (Å²) < 4.78 is 0. The molecule has 1 atom stereocenters. The van der Waals surface area contributed by atoms with Crippen molar-refractivity contribution in [2.24, 2.45) is 0 Å². The van der Waals surface area contributed by atoms with Gasteiger partial charge in [0.25, 0.3) is 0 Å². The summed E-state index contributed by atoms with van der Waals surface area (Å²) >= 11 is 1.87. The molecule has 0 saturated carbocycles. The van der Waals surface area contributed by atoms with E-state index in [1.54, 1.807) is 5.56 Å². The zero-order valence-electron chi connectivity index (χ0n) is 13.1. The SMILES string of the molecule is CC(C)(CNC1CCCCc2ccccc21)c1cccs1. The number of thiophene rings is 1. The number of hydrogen-bond donors (Lipinski definition) is 1. The van der Waals surface area contributed by atoms with Gasteiger partial charge in [0.05, 0.1) is 0 Å². The Bertz CT molecular complexity index is 571. The van der Waals surface area contributed by atoms with Crippen molar-refractivity contribution in [3.05, 3.63) is 57.8 Å². The highest BCUT2D eigenvalue weighted by atomic mass is 32.1. The lowest BCUT2D eigenvalue weighted by Gasteiger charge is -2.28. The van der Waals surface area contributed by atoms with Crippen LogP contribution in [-0.2, 0) is 11.8 Å². The summed E-state index contributed by atoms with van der Waals surface area (Å²) in [5.41, 5.74) is 3.27. The van der Waals surface area contributed by atoms with E-state index in [0.717, 1.165) is 6.54 Å². The highest BCUT2D eigenvalue weighted by Gasteiger charge is 2.24. The first-order valence-corrected chi connectivity index (χ1v) is 8.90. The second-order valence-electron chi connectivity index (χ2n) is 6.74. The molecular formula is C19H25NS. The molecule has 1 aliphatic rings. The Hall–Kier alpha value is -1.12.